The van der Waals surface area contributed by atoms with Crippen molar-refractivity contribution in [1.29, 1.82) is 0 Å². The molecule has 0 aliphatic heterocycles. The van der Waals surface area contributed by atoms with Crippen LogP contribution < -0.4 is 14.2 Å². The van der Waals surface area contributed by atoms with Crippen molar-refractivity contribution in [1.82, 2.24) is 10.2 Å². The number of nitrogens with zero attached hydrogens (tertiary/aromatic N) is 2. The fraction of sp³-hybridized carbons (Fsp3) is 0.158. The molecular formula is C19H16N2O3. The Morgan fingerprint density at radius 1 is 0.667 bits per heavy atom. The average molecular weight is 320 g/mol. The summed E-state index contributed by atoms with van der Waals surface area (Å²) in [7, 11) is 4.91. The van der Waals surface area contributed by atoms with Gasteiger partial charge >= 0.3 is 0 Å². The second-order valence-electron chi connectivity index (χ2n) is 5.47. The molecule has 1 heterocycles. The lowest BCUT2D eigenvalue weighted by Crippen LogP contribution is -1.93. The van der Waals surface area contributed by atoms with Crippen LogP contribution in [0.1, 0.15) is 0 Å². The SMILES string of the molecule is COc1ccc2nnc3c4cc(OC)c(OC)cc4ccc3c2c1. The minimum Gasteiger partial charge on any atom is -0.497 e. The smallest absolute Gasteiger partial charge is 0.161 e. The fourth-order valence-electron chi connectivity index (χ4n) is 3.01. The number of ether oxygens (including phenoxy) is 3. The standard InChI is InChI=1S/C19H16N2O3/c1-22-12-5-7-16-15(9-12)13-6-4-11-8-17(23-2)18(24-3)10-14(11)19(13)21-20-16/h4-10H,1-3H3. The molecule has 0 N–H and O–H groups in total. The van der Waals surface area contributed by atoms with E-state index in [1.165, 1.54) is 0 Å². The van der Waals surface area contributed by atoms with E-state index in [9.17, 15) is 0 Å². The molecule has 0 aliphatic carbocycles. The monoisotopic (exact) mass is 320 g/mol. The molecule has 5 heteroatoms. The lowest BCUT2D eigenvalue weighted by atomic mass is 10.0. The minimum atomic E-state index is 0.671. The number of benzene rings is 3. The highest BCUT2D eigenvalue weighted by atomic mass is 16.5. The minimum absolute atomic E-state index is 0.671. The summed E-state index contributed by atoms with van der Waals surface area (Å²) in [6.45, 7) is 0. The van der Waals surface area contributed by atoms with E-state index in [2.05, 4.69) is 22.3 Å². The average Bonchev–Trinajstić information content (AvgIpc) is 2.65. The first kappa shape index (κ1) is 14.5. The summed E-state index contributed by atoms with van der Waals surface area (Å²) in [5.74, 6) is 2.16. The maximum atomic E-state index is 5.42. The molecule has 0 amide bonds. The molecule has 0 fully saturated rings. The lowest BCUT2D eigenvalue weighted by molar-refractivity contribution is 0.356. The topological polar surface area (TPSA) is 53.5 Å². The predicted molar refractivity (Wildman–Crippen MR) is 94.2 cm³/mol. The van der Waals surface area contributed by atoms with E-state index in [1.807, 2.05) is 30.3 Å². The van der Waals surface area contributed by atoms with Gasteiger partial charge in [-0.3, -0.25) is 0 Å². The van der Waals surface area contributed by atoms with Gasteiger partial charge in [-0.1, -0.05) is 12.1 Å². The number of fused-ring (bicyclic) bond motifs is 5. The molecule has 0 saturated carbocycles. The maximum Gasteiger partial charge on any atom is 0.161 e. The van der Waals surface area contributed by atoms with Crippen molar-refractivity contribution in [2.45, 2.75) is 0 Å². The molecule has 1 aromatic heterocycles. The summed E-state index contributed by atoms with van der Waals surface area (Å²) >= 11 is 0. The van der Waals surface area contributed by atoms with E-state index >= 15 is 0 Å². The Morgan fingerprint density at radius 2 is 1.46 bits per heavy atom. The van der Waals surface area contributed by atoms with Gasteiger partial charge in [-0.05, 0) is 35.7 Å². The zero-order valence-corrected chi connectivity index (χ0v) is 13.7. The molecule has 0 aliphatic rings. The second kappa shape index (κ2) is 5.53. The van der Waals surface area contributed by atoms with E-state index in [-0.39, 0.29) is 0 Å². The van der Waals surface area contributed by atoms with Crippen molar-refractivity contribution < 1.29 is 14.2 Å². The highest BCUT2D eigenvalue weighted by Gasteiger charge is 2.12. The summed E-state index contributed by atoms with van der Waals surface area (Å²) in [5.41, 5.74) is 1.66. The summed E-state index contributed by atoms with van der Waals surface area (Å²) in [6, 6.07) is 13.8. The molecule has 0 saturated heterocycles. The molecule has 0 unspecified atom stereocenters. The highest BCUT2D eigenvalue weighted by molar-refractivity contribution is 6.14. The third kappa shape index (κ3) is 2.09. The number of hydrogen-bond acceptors (Lipinski definition) is 5. The van der Waals surface area contributed by atoms with Crippen molar-refractivity contribution in [3.63, 3.8) is 0 Å². The van der Waals surface area contributed by atoms with Crippen molar-refractivity contribution in [2.75, 3.05) is 21.3 Å². The van der Waals surface area contributed by atoms with Crippen LogP contribution in [0.3, 0.4) is 0 Å². The Balaban J connectivity index is 2.12. The molecule has 0 spiro atoms. The number of methoxy groups -OCH3 is 3. The quantitative estimate of drug-likeness (QED) is 0.535. The van der Waals surface area contributed by atoms with Gasteiger partial charge in [0.25, 0.3) is 0 Å². The molecule has 5 nitrogen and oxygen atoms in total. The van der Waals surface area contributed by atoms with Gasteiger partial charge in [-0.15, -0.1) is 10.2 Å². The summed E-state index contributed by atoms with van der Waals surface area (Å²) < 4.78 is 16.1. The normalized spacial score (nSPS) is 11.1. The van der Waals surface area contributed by atoms with E-state index in [1.54, 1.807) is 21.3 Å². The zero-order valence-electron chi connectivity index (χ0n) is 13.7. The van der Waals surface area contributed by atoms with Gasteiger partial charge in [0, 0.05) is 16.2 Å². The summed E-state index contributed by atoms with van der Waals surface area (Å²) in [6.07, 6.45) is 0. The van der Waals surface area contributed by atoms with Crippen molar-refractivity contribution in [3.05, 3.63) is 42.5 Å². The van der Waals surface area contributed by atoms with E-state index in [0.29, 0.717) is 11.5 Å². The van der Waals surface area contributed by atoms with Gasteiger partial charge < -0.3 is 14.2 Å². The van der Waals surface area contributed by atoms with Gasteiger partial charge in [-0.2, -0.15) is 0 Å². The Bertz CT molecular complexity index is 1080. The fourth-order valence-corrected chi connectivity index (χ4v) is 3.01. The van der Waals surface area contributed by atoms with E-state index in [0.717, 1.165) is 38.3 Å². The molecule has 3 aromatic carbocycles. The van der Waals surface area contributed by atoms with Crippen LogP contribution >= 0.6 is 0 Å². The van der Waals surface area contributed by atoms with Crippen LogP contribution in [-0.2, 0) is 0 Å². The molecule has 0 atom stereocenters. The van der Waals surface area contributed by atoms with Crippen molar-refractivity contribution in [3.8, 4) is 17.2 Å². The molecule has 4 aromatic rings. The molecule has 4 rings (SSSR count). The molecule has 0 bridgehead atoms. The largest absolute Gasteiger partial charge is 0.497 e. The first-order chi connectivity index (χ1) is 11.7. The van der Waals surface area contributed by atoms with E-state index in [4.69, 9.17) is 14.2 Å². The number of rotatable bonds is 3. The lowest BCUT2D eigenvalue weighted by Gasteiger charge is -2.11. The Kier molecular flexibility index (Phi) is 3.34. The van der Waals surface area contributed by atoms with Crippen LogP contribution in [0, 0.1) is 0 Å². The van der Waals surface area contributed by atoms with Crippen molar-refractivity contribution in [2.24, 2.45) is 0 Å². The molecule has 120 valence electrons. The molecular weight excluding hydrogens is 304 g/mol. The van der Waals surface area contributed by atoms with E-state index < -0.39 is 0 Å². The zero-order chi connectivity index (χ0) is 16.7. The molecule has 0 radical (unpaired) electrons. The Hall–Kier alpha value is -3.08. The number of aromatic nitrogens is 2. The number of hydrogen-bond donors (Lipinski definition) is 0. The first-order valence-corrected chi connectivity index (χ1v) is 7.54. The maximum absolute atomic E-state index is 5.42. The predicted octanol–water partition coefficient (Wildman–Crippen LogP) is 3.96. The van der Waals surface area contributed by atoms with Crippen LogP contribution in [0.2, 0.25) is 0 Å². The van der Waals surface area contributed by atoms with Crippen LogP contribution in [0.25, 0.3) is 32.6 Å². The Morgan fingerprint density at radius 3 is 2.21 bits per heavy atom. The van der Waals surface area contributed by atoms with Crippen LogP contribution in [0.5, 0.6) is 17.2 Å². The summed E-state index contributed by atoms with van der Waals surface area (Å²) in [4.78, 5) is 0. The third-order valence-electron chi connectivity index (χ3n) is 4.25. The highest BCUT2D eigenvalue weighted by Crippen LogP contribution is 2.36. The van der Waals surface area contributed by atoms with Crippen LogP contribution in [0.15, 0.2) is 42.5 Å². The van der Waals surface area contributed by atoms with Gasteiger partial charge in [0.1, 0.15) is 11.3 Å². The third-order valence-corrected chi connectivity index (χ3v) is 4.25. The Labute approximate surface area is 138 Å². The first-order valence-electron chi connectivity index (χ1n) is 7.54. The van der Waals surface area contributed by atoms with Crippen molar-refractivity contribution >= 4 is 32.6 Å². The van der Waals surface area contributed by atoms with Gasteiger partial charge in [0.2, 0.25) is 0 Å². The van der Waals surface area contributed by atoms with Crippen LogP contribution in [0.4, 0.5) is 0 Å². The summed E-state index contributed by atoms with van der Waals surface area (Å²) in [5, 5.41) is 12.8. The van der Waals surface area contributed by atoms with Gasteiger partial charge in [-0.25, -0.2) is 0 Å². The van der Waals surface area contributed by atoms with Gasteiger partial charge in [0.05, 0.1) is 26.8 Å². The van der Waals surface area contributed by atoms with Gasteiger partial charge in [0.15, 0.2) is 11.5 Å². The molecule has 24 heavy (non-hydrogen) atoms. The second-order valence-corrected chi connectivity index (χ2v) is 5.47. The van der Waals surface area contributed by atoms with Crippen LogP contribution in [-0.4, -0.2) is 31.5 Å².